The Bertz CT molecular complexity index is 391. The van der Waals surface area contributed by atoms with Crippen LogP contribution in [-0.4, -0.2) is 32.9 Å². The maximum absolute atomic E-state index is 11.3. The molecule has 0 saturated carbocycles. The fourth-order valence-corrected chi connectivity index (χ4v) is 7.70. The molecule has 0 bridgehead atoms. The highest BCUT2D eigenvalue weighted by Gasteiger charge is 2.55. The highest BCUT2D eigenvalue weighted by Crippen LogP contribution is 2.39. The molecule has 0 aromatic carbocycles. The van der Waals surface area contributed by atoms with Crippen LogP contribution in [0, 0.1) is 5.92 Å². The normalized spacial score (nSPS) is 42.7. The summed E-state index contributed by atoms with van der Waals surface area (Å²) < 4.78 is 43.7. The number of hydrogen-bond donors (Lipinski definition) is 0. The lowest BCUT2D eigenvalue weighted by Gasteiger charge is -2.38. The molecule has 0 aliphatic carbocycles. The van der Waals surface area contributed by atoms with E-state index in [1.165, 1.54) is 0 Å². The molecule has 2 aliphatic heterocycles. The predicted molar refractivity (Wildman–Crippen MR) is 44.1 cm³/mol. The fraction of sp³-hybridized carbons (Fsp3) is 1.00. The second-order valence-electron chi connectivity index (χ2n) is 3.47. The summed E-state index contributed by atoms with van der Waals surface area (Å²) >= 11 is 0. The Kier molecular flexibility index (Phi) is 1.58. The Morgan fingerprint density at radius 2 is 1.67 bits per heavy atom. The average Bonchev–Trinajstić information content (AvgIpc) is 1.81. The van der Waals surface area contributed by atoms with Crippen LogP contribution in [0.1, 0.15) is 12.8 Å². The molecule has 4 nitrogen and oxygen atoms in total. The van der Waals surface area contributed by atoms with Crippen LogP contribution in [0.25, 0.3) is 0 Å². The van der Waals surface area contributed by atoms with Gasteiger partial charge in [0.1, 0.15) is 0 Å². The molecule has 6 heteroatoms. The SMILES string of the molecule is O=S1(=O)CCCC2CS(=O)(=O)C21. The van der Waals surface area contributed by atoms with Crippen LogP contribution in [0.2, 0.25) is 0 Å². The summed E-state index contributed by atoms with van der Waals surface area (Å²) in [6.45, 7) is 0. The van der Waals surface area contributed by atoms with E-state index in [9.17, 15) is 16.8 Å². The van der Waals surface area contributed by atoms with Crippen molar-refractivity contribution < 1.29 is 16.8 Å². The molecule has 0 spiro atoms. The van der Waals surface area contributed by atoms with E-state index >= 15 is 0 Å². The summed E-state index contributed by atoms with van der Waals surface area (Å²) in [6, 6.07) is 0. The molecule has 2 unspecified atom stereocenters. The molecular formula is C6H10O4S2. The van der Waals surface area contributed by atoms with Gasteiger partial charge < -0.3 is 0 Å². The van der Waals surface area contributed by atoms with Crippen LogP contribution in [-0.2, 0) is 19.7 Å². The fourth-order valence-electron chi connectivity index (χ4n) is 2.04. The van der Waals surface area contributed by atoms with Gasteiger partial charge in [-0.25, -0.2) is 16.8 Å². The van der Waals surface area contributed by atoms with Crippen LogP contribution in [0.15, 0.2) is 0 Å². The molecular weight excluding hydrogens is 200 g/mol. The molecule has 0 aromatic heterocycles. The standard InChI is InChI=1S/C6H10O4S2/c7-11(8)3-1-2-5-4-12(9,10)6(5)11/h5-6H,1-4H2. The maximum atomic E-state index is 11.3. The van der Waals surface area contributed by atoms with Gasteiger partial charge in [-0.3, -0.25) is 0 Å². The summed E-state index contributed by atoms with van der Waals surface area (Å²) in [5, 5.41) is 0. The third-order valence-electron chi connectivity index (χ3n) is 2.54. The van der Waals surface area contributed by atoms with Crippen molar-refractivity contribution in [3.05, 3.63) is 0 Å². The van der Waals surface area contributed by atoms with Gasteiger partial charge in [-0.1, -0.05) is 0 Å². The molecule has 70 valence electrons. The molecule has 2 aliphatic rings. The Hall–Kier alpha value is -0.100. The molecule has 0 radical (unpaired) electrons. The van der Waals surface area contributed by atoms with Gasteiger partial charge in [0.15, 0.2) is 24.3 Å². The van der Waals surface area contributed by atoms with Crippen LogP contribution in [0.4, 0.5) is 0 Å². The minimum atomic E-state index is -3.32. The van der Waals surface area contributed by atoms with Crippen molar-refractivity contribution >= 4 is 19.7 Å². The molecule has 0 amide bonds. The van der Waals surface area contributed by atoms with Crippen LogP contribution in [0.5, 0.6) is 0 Å². The van der Waals surface area contributed by atoms with E-state index in [0.29, 0.717) is 6.42 Å². The number of fused-ring (bicyclic) bond motifs is 1. The molecule has 2 heterocycles. The first-order valence-electron chi connectivity index (χ1n) is 3.87. The van der Waals surface area contributed by atoms with E-state index in [1.54, 1.807) is 0 Å². The zero-order valence-corrected chi connectivity index (χ0v) is 8.07. The Morgan fingerprint density at radius 1 is 1.00 bits per heavy atom. The van der Waals surface area contributed by atoms with Gasteiger partial charge >= 0.3 is 0 Å². The highest BCUT2D eigenvalue weighted by atomic mass is 32.3. The lowest BCUT2D eigenvalue weighted by Crippen LogP contribution is -2.54. The minimum absolute atomic E-state index is 0.0490. The number of hydrogen-bond acceptors (Lipinski definition) is 4. The van der Waals surface area contributed by atoms with Gasteiger partial charge in [0.25, 0.3) is 0 Å². The third kappa shape index (κ3) is 1.01. The van der Waals surface area contributed by atoms with E-state index in [1.807, 2.05) is 0 Å². The van der Waals surface area contributed by atoms with Crippen molar-refractivity contribution in [3.8, 4) is 0 Å². The molecule has 2 atom stereocenters. The first kappa shape index (κ1) is 8.50. The van der Waals surface area contributed by atoms with Crippen LogP contribution >= 0.6 is 0 Å². The zero-order chi connectivity index (χ0) is 8.98. The topological polar surface area (TPSA) is 68.3 Å². The van der Waals surface area contributed by atoms with Gasteiger partial charge in [-0.05, 0) is 12.8 Å². The van der Waals surface area contributed by atoms with E-state index in [0.717, 1.165) is 6.42 Å². The van der Waals surface area contributed by atoms with E-state index in [-0.39, 0.29) is 17.4 Å². The molecule has 0 aromatic rings. The molecule has 2 fully saturated rings. The predicted octanol–water partition coefficient (Wildman–Crippen LogP) is -0.434. The Labute approximate surface area is 71.8 Å². The van der Waals surface area contributed by atoms with Crippen molar-refractivity contribution in [2.45, 2.75) is 17.4 Å². The number of rotatable bonds is 0. The smallest absolute Gasteiger partial charge is 0.168 e. The molecule has 2 saturated heterocycles. The van der Waals surface area contributed by atoms with Gasteiger partial charge in [-0.15, -0.1) is 0 Å². The summed E-state index contributed by atoms with van der Waals surface area (Å²) in [7, 11) is -6.60. The largest absolute Gasteiger partial charge is 0.227 e. The van der Waals surface area contributed by atoms with E-state index in [4.69, 9.17) is 0 Å². The summed E-state index contributed by atoms with van der Waals surface area (Å²) in [4.78, 5) is 0. The second-order valence-corrected chi connectivity index (χ2v) is 8.17. The van der Waals surface area contributed by atoms with Gasteiger partial charge in [0, 0.05) is 5.92 Å². The minimum Gasteiger partial charge on any atom is -0.227 e. The van der Waals surface area contributed by atoms with Crippen molar-refractivity contribution in [2.24, 2.45) is 5.92 Å². The highest BCUT2D eigenvalue weighted by molar-refractivity contribution is 8.10. The lowest BCUT2D eigenvalue weighted by molar-refractivity contribution is 0.442. The van der Waals surface area contributed by atoms with Crippen molar-refractivity contribution in [2.75, 3.05) is 11.5 Å². The monoisotopic (exact) mass is 210 g/mol. The Morgan fingerprint density at radius 3 is 2.08 bits per heavy atom. The summed E-state index contributed by atoms with van der Waals surface area (Å²) in [6.07, 6.45) is 1.38. The third-order valence-corrected chi connectivity index (χ3v) is 8.24. The summed E-state index contributed by atoms with van der Waals surface area (Å²) in [5.74, 6) is 0.0262. The van der Waals surface area contributed by atoms with Gasteiger partial charge in [-0.2, -0.15) is 0 Å². The van der Waals surface area contributed by atoms with Crippen LogP contribution < -0.4 is 0 Å². The van der Waals surface area contributed by atoms with Crippen molar-refractivity contribution in [1.29, 1.82) is 0 Å². The van der Waals surface area contributed by atoms with Gasteiger partial charge in [0.05, 0.1) is 11.5 Å². The molecule has 2 rings (SSSR count). The average molecular weight is 210 g/mol. The number of sulfone groups is 2. The first-order chi connectivity index (χ1) is 5.43. The first-order valence-corrected chi connectivity index (χ1v) is 7.30. The molecule has 0 N–H and O–H groups in total. The quantitative estimate of drug-likeness (QED) is 0.544. The Balaban J connectivity index is 2.44. The van der Waals surface area contributed by atoms with Gasteiger partial charge in [0.2, 0.25) is 0 Å². The van der Waals surface area contributed by atoms with E-state index < -0.39 is 24.3 Å². The maximum Gasteiger partial charge on any atom is 0.168 e. The van der Waals surface area contributed by atoms with E-state index in [2.05, 4.69) is 0 Å². The lowest BCUT2D eigenvalue weighted by atomic mass is 10.1. The zero-order valence-electron chi connectivity index (χ0n) is 6.43. The van der Waals surface area contributed by atoms with Crippen molar-refractivity contribution in [1.82, 2.24) is 0 Å². The molecule has 12 heavy (non-hydrogen) atoms. The van der Waals surface area contributed by atoms with Crippen LogP contribution in [0.3, 0.4) is 0 Å². The second kappa shape index (κ2) is 2.23. The van der Waals surface area contributed by atoms with Crippen molar-refractivity contribution in [3.63, 3.8) is 0 Å². The summed E-state index contributed by atoms with van der Waals surface area (Å²) in [5.41, 5.74) is 0.